The average molecular weight is 385 g/mol. The first-order valence-corrected chi connectivity index (χ1v) is 9.14. The van der Waals surface area contributed by atoms with E-state index in [1.165, 1.54) is 14.2 Å². The Labute approximate surface area is 165 Å². The van der Waals surface area contributed by atoms with Crippen LogP contribution in [-0.2, 0) is 0 Å². The molecule has 1 atom stereocenters. The molecule has 2 aromatic carbocycles. The Balaban J connectivity index is 2.31. The van der Waals surface area contributed by atoms with Gasteiger partial charge in [0.15, 0.2) is 11.5 Å². The molecular formula is C21H27N3O4. The molecule has 7 heteroatoms. The molecule has 28 heavy (non-hydrogen) atoms. The Morgan fingerprint density at radius 1 is 1.00 bits per heavy atom. The SMILES string of the molecule is CCN[C@H](C)CNC(=O)c1cc(OC)c(OC)cc1NC(=O)c1ccccc1. The minimum atomic E-state index is -0.317. The molecule has 0 fully saturated rings. The Morgan fingerprint density at radius 3 is 2.25 bits per heavy atom. The predicted molar refractivity (Wildman–Crippen MR) is 109 cm³/mol. The van der Waals surface area contributed by atoms with Gasteiger partial charge in [-0.05, 0) is 31.7 Å². The van der Waals surface area contributed by atoms with E-state index >= 15 is 0 Å². The molecule has 0 aromatic heterocycles. The number of amides is 2. The minimum absolute atomic E-state index is 0.122. The van der Waals surface area contributed by atoms with Crippen LogP contribution in [0.15, 0.2) is 42.5 Å². The van der Waals surface area contributed by atoms with Gasteiger partial charge in [-0.3, -0.25) is 9.59 Å². The van der Waals surface area contributed by atoms with Crippen molar-refractivity contribution in [3.63, 3.8) is 0 Å². The molecule has 2 rings (SSSR count). The fraction of sp³-hybridized carbons (Fsp3) is 0.333. The van der Waals surface area contributed by atoms with Gasteiger partial charge in [0, 0.05) is 24.2 Å². The molecule has 0 aliphatic heterocycles. The van der Waals surface area contributed by atoms with Crippen LogP contribution in [0.1, 0.15) is 34.6 Å². The smallest absolute Gasteiger partial charge is 0.255 e. The van der Waals surface area contributed by atoms with Crippen LogP contribution in [-0.4, -0.2) is 45.2 Å². The number of nitrogens with one attached hydrogen (secondary N) is 3. The first-order valence-electron chi connectivity index (χ1n) is 9.14. The molecule has 2 amide bonds. The summed E-state index contributed by atoms with van der Waals surface area (Å²) in [5, 5.41) is 8.90. The number of hydrogen-bond donors (Lipinski definition) is 3. The summed E-state index contributed by atoms with van der Waals surface area (Å²) in [7, 11) is 2.99. The van der Waals surface area contributed by atoms with E-state index in [0.29, 0.717) is 34.9 Å². The topological polar surface area (TPSA) is 88.7 Å². The highest BCUT2D eigenvalue weighted by molar-refractivity contribution is 6.09. The lowest BCUT2D eigenvalue weighted by molar-refractivity contribution is 0.0950. The molecule has 7 nitrogen and oxygen atoms in total. The standard InChI is InChI=1S/C21H27N3O4/c1-5-22-14(2)13-23-21(26)16-11-18(27-3)19(28-4)12-17(16)24-20(25)15-9-7-6-8-10-15/h6-12,14,22H,5,13H2,1-4H3,(H,23,26)(H,24,25)/t14-/m1/s1. The van der Waals surface area contributed by atoms with Gasteiger partial charge in [-0.15, -0.1) is 0 Å². The third-order valence-electron chi connectivity index (χ3n) is 4.17. The van der Waals surface area contributed by atoms with Gasteiger partial charge < -0.3 is 25.4 Å². The summed E-state index contributed by atoms with van der Waals surface area (Å²) in [6.45, 7) is 5.25. The Kier molecular flexibility index (Phi) is 7.83. The zero-order valence-corrected chi connectivity index (χ0v) is 16.7. The first-order chi connectivity index (χ1) is 13.5. The second-order valence-corrected chi connectivity index (χ2v) is 6.24. The largest absolute Gasteiger partial charge is 0.493 e. The van der Waals surface area contributed by atoms with E-state index in [9.17, 15) is 9.59 Å². The summed E-state index contributed by atoms with van der Waals surface area (Å²) in [5.41, 5.74) is 1.13. The van der Waals surface area contributed by atoms with Gasteiger partial charge >= 0.3 is 0 Å². The molecule has 0 saturated carbocycles. The van der Waals surface area contributed by atoms with Crippen molar-refractivity contribution in [2.45, 2.75) is 19.9 Å². The van der Waals surface area contributed by atoms with E-state index in [0.717, 1.165) is 6.54 Å². The molecule has 0 heterocycles. The van der Waals surface area contributed by atoms with Crippen molar-refractivity contribution in [1.29, 1.82) is 0 Å². The van der Waals surface area contributed by atoms with Crippen molar-refractivity contribution >= 4 is 17.5 Å². The van der Waals surface area contributed by atoms with Crippen molar-refractivity contribution in [1.82, 2.24) is 10.6 Å². The highest BCUT2D eigenvalue weighted by Crippen LogP contribution is 2.33. The van der Waals surface area contributed by atoms with Gasteiger partial charge in [0.05, 0.1) is 25.5 Å². The predicted octanol–water partition coefficient (Wildman–Crippen LogP) is 2.68. The molecule has 3 N–H and O–H groups in total. The number of anilines is 1. The average Bonchev–Trinajstić information content (AvgIpc) is 2.72. The maximum absolute atomic E-state index is 12.8. The van der Waals surface area contributed by atoms with Crippen LogP contribution in [0.5, 0.6) is 11.5 Å². The molecule has 0 saturated heterocycles. The summed E-state index contributed by atoms with van der Waals surface area (Å²) in [4.78, 5) is 25.3. The Bertz CT molecular complexity index is 809. The van der Waals surface area contributed by atoms with Crippen LogP contribution in [0.2, 0.25) is 0 Å². The summed E-state index contributed by atoms with van der Waals surface area (Å²) in [5.74, 6) is 0.200. The first kappa shape index (κ1) is 21.2. The number of likely N-dealkylation sites (N-methyl/N-ethyl adjacent to an activating group) is 1. The van der Waals surface area contributed by atoms with Gasteiger partial charge in [0.2, 0.25) is 0 Å². The lowest BCUT2D eigenvalue weighted by atomic mass is 10.1. The zero-order valence-electron chi connectivity index (χ0n) is 16.7. The normalized spacial score (nSPS) is 11.4. The lowest BCUT2D eigenvalue weighted by Gasteiger charge is -2.17. The summed E-state index contributed by atoms with van der Waals surface area (Å²) in [6, 6.07) is 12.1. The molecule has 0 aliphatic carbocycles. The number of carbonyl (C=O) groups is 2. The minimum Gasteiger partial charge on any atom is -0.493 e. The molecule has 0 unspecified atom stereocenters. The van der Waals surface area contributed by atoms with Gasteiger partial charge in [-0.1, -0.05) is 25.1 Å². The highest BCUT2D eigenvalue weighted by Gasteiger charge is 2.19. The van der Waals surface area contributed by atoms with E-state index in [-0.39, 0.29) is 17.9 Å². The van der Waals surface area contributed by atoms with E-state index in [1.807, 2.05) is 19.9 Å². The number of rotatable bonds is 9. The van der Waals surface area contributed by atoms with Crippen LogP contribution >= 0.6 is 0 Å². The summed E-state index contributed by atoms with van der Waals surface area (Å²) >= 11 is 0. The van der Waals surface area contributed by atoms with Crippen LogP contribution in [0.4, 0.5) is 5.69 Å². The van der Waals surface area contributed by atoms with Gasteiger partial charge in [-0.25, -0.2) is 0 Å². The molecule has 2 aromatic rings. The van der Waals surface area contributed by atoms with Crippen LogP contribution in [0, 0.1) is 0 Å². The molecule has 0 radical (unpaired) electrons. The molecular weight excluding hydrogens is 358 g/mol. The molecule has 0 spiro atoms. The van der Waals surface area contributed by atoms with Crippen LogP contribution in [0.3, 0.4) is 0 Å². The van der Waals surface area contributed by atoms with Gasteiger partial charge in [-0.2, -0.15) is 0 Å². The molecule has 0 aliphatic rings. The number of benzene rings is 2. The van der Waals surface area contributed by atoms with Crippen LogP contribution in [0.25, 0.3) is 0 Å². The quantitative estimate of drug-likeness (QED) is 0.618. The van der Waals surface area contributed by atoms with Gasteiger partial charge in [0.1, 0.15) is 0 Å². The fourth-order valence-electron chi connectivity index (χ4n) is 2.72. The molecule has 150 valence electrons. The van der Waals surface area contributed by atoms with E-state index in [2.05, 4.69) is 16.0 Å². The Hall–Kier alpha value is -3.06. The second-order valence-electron chi connectivity index (χ2n) is 6.24. The van der Waals surface area contributed by atoms with E-state index in [1.54, 1.807) is 36.4 Å². The lowest BCUT2D eigenvalue weighted by Crippen LogP contribution is -2.39. The summed E-state index contributed by atoms with van der Waals surface area (Å²) < 4.78 is 10.6. The van der Waals surface area contributed by atoms with Crippen molar-refractivity contribution in [2.24, 2.45) is 0 Å². The van der Waals surface area contributed by atoms with Crippen LogP contribution < -0.4 is 25.4 Å². The molecule has 0 bridgehead atoms. The zero-order chi connectivity index (χ0) is 20.5. The number of carbonyl (C=O) groups excluding carboxylic acids is 2. The second kappa shape index (κ2) is 10.3. The van der Waals surface area contributed by atoms with Crippen molar-refractivity contribution in [3.05, 3.63) is 53.6 Å². The van der Waals surface area contributed by atoms with Crippen molar-refractivity contribution in [3.8, 4) is 11.5 Å². The van der Waals surface area contributed by atoms with E-state index < -0.39 is 0 Å². The third-order valence-corrected chi connectivity index (χ3v) is 4.17. The fourth-order valence-corrected chi connectivity index (χ4v) is 2.72. The maximum atomic E-state index is 12.8. The monoisotopic (exact) mass is 385 g/mol. The highest BCUT2D eigenvalue weighted by atomic mass is 16.5. The number of ether oxygens (including phenoxy) is 2. The summed E-state index contributed by atoms with van der Waals surface area (Å²) in [6.07, 6.45) is 0. The van der Waals surface area contributed by atoms with Gasteiger partial charge in [0.25, 0.3) is 11.8 Å². The van der Waals surface area contributed by atoms with Crippen molar-refractivity contribution in [2.75, 3.05) is 32.6 Å². The number of hydrogen-bond acceptors (Lipinski definition) is 5. The Morgan fingerprint density at radius 2 is 1.64 bits per heavy atom. The third kappa shape index (κ3) is 5.47. The maximum Gasteiger partial charge on any atom is 0.255 e. The van der Waals surface area contributed by atoms with Crippen molar-refractivity contribution < 1.29 is 19.1 Å². The number of methoxy groups -OCH3 is 2. The van der Waals surface area contributed by atoms with E-state index in [4.69, 9.17) is 9.47 Å².